The van der Waals surface area contributed by atoms with E-state index in [1.54, 1.807) is 41.7 Å². The van der Waals surface area contributed by atoms with Crippen molar-refractivity contribution in [3.05, 3.63) is 11.1 Å². The maximum Gasteiger partial charge on any atom is 0.337 e. The van der Waals surface area contributed by atoms with E-state index in [1.807, 2.05) is 13.8 Å². The van der Waals surface area contributed by atoms with Gasteiger partial charge in [-0.25, -0.2) is 4.79 Å². The molecule has 9 unspecified atom stereocenters. The van der Waals surface area contributed by atoms with Crippen molar-refractivity contribution in [2.45, 2.75) is 103 Å². The minimum atomic E-state index is -1.55. The second-order valence-corrected chi connectivity index (χ2v) is 12.5. The predicted molar refractivity (Wildman–Crippen MR) is 131 cm³/mol. The maximum absolute atomic E-state index is 14.2. The van der Waals surface area contributed by atoms with E-state index in [4.69, 9.17) is 9.47 Å². The van der Waals surface area contributed by atoms with Crippen LogP contribution in [-0.4, -0.2) is 87.5 Å². The van der Waals surface area contributed by atoms with Gasteiger partial charge in [-0.3, -0.25) is 4.79 Å². The summed E-state index contributed by atoms with van der Waals surface area (Å²) in [4.78, 5) is 27.0. The average Bonchev–Trinajstić information content (AvgIpc) is 2.81. The molecule has 1 saturated heterocycles. The van der Waals surface area contributed by atoms with E-state index in [-0.39, 0.29) is 18.9 Å². The summed E-state index contributed by atoms with van der Waals surface area (Å²) in [6, 6.07) is -0.556. The van der Waals surface area contributed by atoms with Crippen molar-refractivity contribution < 1.29 is 39.5 Å². The van der Waals surface area contributed by atoms with Crippen LogP contribution in [0.15, 0.2) is 11.1 Å². The fraction of sp³-hybridized carbons (Fsp3) is 0.852. The number of rotatable bonds is 4. The van der Waals surface area contributed by atoms with E-state index in [0.29, 0.717) is 17.6 Å². The first-order valence-electron chi connectivity index (χ1n) is 13.1. The van der Waals surface area contributed by atoms with Crippen LogP contribution in [0.1, 0.15) is 61.3 Å². The normalized spacial score (nSPS) is 47.5. The van der Waals surface area contributed by atoms with E-state index < -0.39 is 76.1 Å². The number of Topliss-reactive ketones (excluding diaryl/α,β-unsaturated/α-hetero) is 1. The zero-order chi connectivity index (χ0) is 27.2. The van der Waals surface area contributed by atoms with Crippen molar-refractivity contribution in [2.24, 2.45) is 28.6 Å². The van der Waals surface area contributed by atoms with E-state index in [2.05, 4.69) is 5.32 Å². The molecule has 4 aliphatic rings. The number of aliphatic hydroxyl groups excluding tert-OH is 2. The minimum absolute atomic E-state index is 0.00632. The van der Waals surface area contributed by atoms with E-state index >= 15 is 0 Å². The lowest BCUT2D eigenvalue weighted by Crippen LogP contribution is -2.77. The van der Waals surface area contributed by atoms with Gasteiger partial charge in [0, 0.05) is 29.2 Å². The van der Waals surface area contributed by atoms with Gasteiger partial charge in [-0.1, -0.05) is 34.6 Å². The molecule has 11 atom stereocenters. The van der Waals surface area contributed by atoms with Crippen molar-refractivity contribution in [1.82, 2.24) is 5.32 Å². The molecule has 0 radical (unpaired) electrons. The standard InChI is InChI=1S/C27H43NO8/c1-12-9-17-26(33,11-35-17)21-14(3)27(34)10-16(36-23(32)19(29)15(4)28-8)13(2)18(24(27,5)6)20(30)22(31)25(12,21)7/h12,14-17,19-21,28-30,33-34H,9-11H2,1-8H3/t12-,14?,15?,16?,17?,19?,20?,21?,25+,26?,27?/m0/s1. The number of likely N-dealkylation sites (N-methyl/N-ethyl adjacent to an activating group) is 1. The second kappa shape index (κ2) is 8.58. The number of aliphatic hydroxyl groups is 4. The highest BCUT2D eigenvalue weighted by Crippen LogP contribution is 2.65. The molecule has 0 spiro atoms. The number of hydrogen-bond acceptors (Lipinski definition) is 9. The molecule has 1 aliphatic heterocycles. The number of ketones is 1. The minimum Gasteiger partial charge on any atom is -0.456 e. The number of hydrogen-bond donors (Lipinski definition) is 5. The van der Waals surface area contributed by atoms with Crippen LogP contribution < -0.4 is 5.32 Å². The molecule has 0 aromatic heterocycles. The molecular formula is C27H43NO8. The van der Waals surface area contributed by atoms with Crippen molar-refractivity contribution in [3.8, 4) is 0 Å². The van der Waals surface area contributed by atoms with Crippen molar-refractivity contribution >= 4 is 11.8 Å². The first-order valence-corrected chi connectivity index (χ1v) is 13.1. The van der Waals surface area contributed by atoms with Gasteiger partial charge in [-0.15, -0.1) is 0 Å². The smallest absolute Gasteiger partial charge is 0.337 e. The topological polar surface area (TPSA) is 146 Å². The summed E-state index contributed by atoms with van der Waals surface area (Å²) < 4.78 is 11.4. The number of carbonyl (C=O) groups is 2. The van der Waals surface area contributed by atoms with E-state index in [1.165, 1.54) is 0 Å². The molecular weight excluding hydrogens is 466 g/mol. The third-order valence-electron chi connectivity index (χ3n) is 10.7. The molecule has 9 nitrogen and oxygen atoms in total. The van der Waals surface area contributed by atoms with E-state index in [0.717, 1.165) is 0 Å². The first-order chi connectivity index (χ1) is 16.5. The monoisotopic (exact) mass is 509 g/mol. The third kappa shape index (κ3) is 3.36. The fourth-order valence-corrected chi connectivity index (χ4v) is 7.98. The lowest BCUT2D eigenvalue weighted by molar-refractivity contribution is -0.329. The van der Waals surface area contributed by atoms with Gasteiger partial charge in [0.25, 0.3) is 0 Å². The summed E-state index contributed by atoms with van der Waals surface area (Å²) in [5.41, 5.74) is -4.19. The Morgan fingerprint density at radius 1 is 1.22 bits per heavy atom. The Labute approximate surface area is 213 Å². The summed E-state index contributed by atoms with van der Waals surface area (Å²) in [5.74, 6) is -2.75. The van der Waals surface area contributed by atoms with Gasteiger partial charge in [-0.2, -0.15) is 0 Å². The zero-order valence-electron chi connectivity index (χ0n) is 22.7. The lowest BCUT2D eigenvalue weighted by Gasteiger charge is -2.68. The number of fused-ring (bicyclic) bond motifs is 5. The molecule has 3 aliphatic carbocycles. The third-order valence-corrected chi connectivity index (χ3v) is 10.7. The molecule has 9 heteroatoms. The van der Waals surface area contributed by atoms with Crippen LogP contribution in [0.2, 0.25) is 0 Å². The van der Waals surface area contributed by atoms with Gasteiger partial charge in [0.1, 0.15) is 17.8 Å². The summed E-state index contributed by atoms with van der Waals surface area (Å²) in [6.07, 6.45) is -3.89. The highest BCUT2D eigenvalue weighted by molar-refractivity contribution is 5.93. The molecule has 0 aromatic rings. The number of carbonyl (C=O) groups excluding carboxylic acids is 2. The highest BCUT2D eigenvalue weighted by atomic mass is 16.6. The van der Waals surface area contributed by atoms with Crippen LogP contribution in [0.3, 0.4) is 0 Å². The summed E-state index contributed by atoms with van der Waals surface area (Å²) in [6.45, 7) is 12.6. The Balaban J connectivity index is 1.87. The summed E-state index contributed by atoms with van der Waals surface area (Å²) >= 11 is 0. The molecule has 4 rings (SSSR count). The summed E-state index contributed by atoms with van der Waals surface area (Å²) in [7, 11) is 1.62. The van der Waals surface area contributed by atoms with Gasteiger partial charge in [0.15, 0.2) is 11.9 Å². The quantitative estimate of drug-likeness (QED) is 0.273. The number of esters is 1. The number of ether oxygens (including phenoxy) is 2. The molecule has 204 valence electrons. The van der Waals surface area contributed by atoms with Crippen LogP contribution in [0, 0.1) is 28.6 Å². The summed E-state index contributed by atoms with van der Waals surface area (Å²) in [5, 5.41) is 49.1. The molecule has 2 saturated carbocycles. The fourth-order valence-electron chi connectivity index (χ4n) is 7.98. The Hall–Kier alpha value is -1.36. The molecule has 2 bridgehead atoms. The average molecular weight is 510 g/mol. The van der Waals surface area contributed by atoms with Crippen LogP contribution in [0.5, 0.6) is 0 Å². The second-order valence-electron chi connectivity index (χ2n) is 12.5. The van der Waals surface area contributed by atoms with Crippen molar-refractivity contribution in [1.29, 1.82) is 0 Å². The highest BCUT2D eigenvalue weighted by Gasteiger charge is 2.73. The molecule has 1 heterocycles. The lowest BCUT2D eigenvalue weighted by atomic mass is 9.41. The molecule has 3 fully saturated rings. The van der Waals surface area contributed by atoms with Crippen LogP contribution in [-0.2, 0) is 19.1 Å². The van der Waals surface area contributed by atoms with Crippen LogP contribution in [0.25, 0.3) is 0 Å². The Kier molecular flexibility index (Phi) is 6.59. The Morgan fingerprint density at radius 3 is 2.36 bits per heavy atom. The molecule has 5 N–H and O–H groups in total. The predicted octanol–water partition coefficient (Wildman–Crippen LogP) is 0.716. The van der Waals surface area contributed by atoms with Gasteiger partial charge < -0.3 is 35.2 Å². The Bertz CT molecular complexity index is 979. The van der Waals surface area contributed by atoms with Gasteiger partial charge in [0.2, 0.25) is 0 Å². The van der Waals surface area contributed by atoms with Crippen LogP contribution in [0.4, 0.5) is 0 Å². The van der Waals surface area contributed by atoms with Gasteiger partial charge >= 0.3 is 5.97 Å². The Morgan fingerprint density at radius 2 is 1.83 bits per heavy atom. The van der Waals surface area contributed by atoms with E-state index in [9.17, 15) is 30.0 Å². The zero-order valence-corrected chi connectivity index (χ0v) is 22.7. The van der Waals surface area contributed by atoms with Crippen molar-refractivity contribution in [3.63, 3.8) is 0 Å². The van der Waals surface area contributed by atoms with Gasteiger partial charge in [0.05, 0.1) is 18.3 Å². The maximum atomic E-state index is 14.2. The molecule has 0 amide bonds. The SMILES string of the molecule is CNC(C)C(O)C(=O)OC1CC2(O)C(C)C3C4(O)COC4C[C@H](C)[C@@]3(C)C(=O)C(O)C(=C1C)C2(C)C. The van der Waals surface area contributed by atoms with Crippen LogP contribution >= 0.6 is 0 Å². The number of nitrogens with one attached hydrogen (secondary N) is 1. The largest absolute Gasteiger partial charge is 0.456 e. The first kappa shape index (κ1) is 27.7. The van der Waals surface area contributed by atoms with Gasteiger partial charge in [-0.05, 0) is 50.3 Å². The molecule has 36 heavy (non-hydrogen) atoms. The molecule has 0 aromatic carbocycles. The van der Waals surface area contributed by atoms with Crippen molar-refractivity contribution in [2.75, 3.05) is 13.7 Å².